The fourth-order valence-electron chi connectivity index (χ4n) is 4.31. The summed E-state index contributed by atoms with van der Waals surface area (Å²) < 4.78 is 13.1. The number of amides is 2. The number of hydrogen-bond donors (Lipinski definition) is 1. The molecule has 1 N–H and O–H groups in total. The van der Waals surface area contributed by atoms with Gasteiger partial charge in [-0.2, -0.15) is 0 Å². The van der Waals surface area contributed by atoms with E-state index in [0.717, 1.165) is 31.6 Å². The van der Waals surface area contributed by atoms with E-state index in [0.29, 0.717) is 24.9 Å². The third-order valence-electron chi connectivity index (χ3n) is 6.44. The Labute approximate surface area is 167 Å². The van der Waals surface area contributed by atoms with Gasteiger partial charge in [-0.25, -0.2) is 4.39 Å². The van der Waals surface area contributed by atoms with Gasteiger partial charge in [-0.3, -0.25) is 9.59 Å². The van der Waals surface area contributed by atoms with Crippen LogP contribution in [0.15, 0.2) is 24.3 Å². The van der Waals surface area contributed by atoms with Crippen molar-refractivity contribution in [1.29, 1.82) is 0 Å². The smallest absolute Gasteiger partial charge is 0.223 e. The van der Waals surface area contributed by atoms with E-state index < -0.39 is 0 Å². The highest BCUT2D eigenvalue weighted by molar-refractivity contribution is 5.84. The van der Waals surface area contributed by atoms with Crippen LogP contribution in [0.2, 0.25) is 0 Å². The molecule has 2 fully saturated rings. The Morgan fingerprint density at radius 3 is 2.39 bits per heavy atom. The summed E-state index contributed by atoms with van der Waals surface area (Å²) in [5, 5.41) is 3.14. The number of carbonyl (C=O) groups is 2. The fourth-order valence-corrected chi connectivity index (χ4v) is 4.31. The van der Waals surface area contributed by atoms with E-state index in [1.807, 2.05) is 4.90 Å². The third-order valence-corrected chi connectivity index (χ3v) is 6.44. The molecule has 0 unspecified atom stereocenters. The number of halogens is 1. The van der Waals surface area contributed by atoms with Crippen molar-refractivity contribution in [1.82, 2.24) is 10.2 Å². The summed E-state index contributed by atoms with van der Waals surface area (Å²) >= 11 is 0. The molecule has 1 saturated carbocycles. The normalized spacial score (nSPS) is 25.5. The molecule has 0 aromatic heterocycles. The number of rotatable bonds is 5. The zero-order valence-corrected chi connectivity index (χ0v) is 17.0. The van der Waals surface area contributed by atoms with Gasteiger partial charge in [0.1, 0.15) is 5.82 Å². The first-order valence-electron chi connectivity index (χ1n) is 10.5. The Balaban J connectivity index is 1.39. The van der Waals surface area contributed by atoms with Gasteiger partial charge in [0.2, 0.25) is 11.8 Å². The quantitative estimate of drug-likeness (QED) is 0.841. The lowest BCUT2D eigenvalue weighted by atomic mass is 9.78. The molecule has 154 valence electrons. The van der Waals surface area contributed by atoms with Crippen molar-refractivity contribution in [2.45, 2.75) is 52.0 Å². The molecule has 3 rings (SSSR count). The lowest BCUT2D eigenvalue weighted by molar-refractivity contribution is -0.134. The van der Waals surface area contributed by atoms with E-state index in [1.54, 1.807) is 12.1 Å². The SMILES string of the molecule is C[C@@H]1[C@H](C)CCC[C@@H]1NC(=O)CCC(=O)N1CCN(c2ccc(F)cc2)CC1. The van der Waals surface area contributed by atoms with Crippen LogP contribution in [0.25, 0.3) is 0 Å². The van der Waals surface area contributed by atoms with Crippen molar-refractivity contribution in [2.24, 2.45) is 11.8 Å². The molecule has 1 saturated heterocycles. The molecule has 1 heterocycles. The van der Waals surface area contributed by atoms with E-state index in [2.05, 4.69) is 24.1 Å². The standard InChI is InChI=1S/C22H32FN3O2/c1-16-4-3-5-20(17(16)2)24-21(27)10-11-22(28)26-14-12-25(13-15-26)19-8-6-18(23)7-9-19/h6-9,16-17,20H,3-5,10-15H2,1-2H3,(H,24,27)/t16-,17-,20+/m1/s1. The summed E-state index contributed by atoms with van der Waals surface area (Å²) in [6, 6.07) is 6.69. The third kappa shape index (κ3) is 5.24. The number of benzene rings is 1. The van der Waals surface area contributed by atoms with Crippen molar-refractivity contribution in [3.63, 3.8) is 0 Å². The number of piperazine rings is 1. The van der Waals surface area contributed by atoms with Crippen molar-refractivity contribution >= 4 is 17.5 Å². The number of nitrogens with one attached hydrogen (secondary N) is 1. The zero-order valence-electron chi connectivity index (χ0n) is 17.0. The maximum atomic E-state index is 13.1. The lowest BCUT2D eigenvalue weighted by Crippen LogP contribution is -2.49. The molecule has 0 spiro atoms. The van der Waals surface area contributed by atoms with Crippen molar-refractivity contribution in [3.8, 4) is 0 Å². The van der Waals surface area contributed by atoms with Crippen LogP contribution in [-0.4, -0.2) is 48.9 Å². The summed E-state index contributed by atoms with van der Waals surface area (Å²) in [6.07, 6.45) is 3.95. The highest BCUT2D eigenvalue weighted by Gasteiger charge is 2.28. The van der Waals surface area contributed by atoms with Crippen molar-refractivity contribution in [2.75, 3.05) is 31.1 Å². The molecule has 0 bridgehead atoms. The summed E-state index contributed by atoms with van der Waals surface area (Å²) in [5.74, 6) is 0.919. The minimum absolute atomic E-state index is 0.00996. The Kier molecular flexibility index (Phi) is 6.92. The largest absolute Gasteiger partial charge is 0.368 e. The van der Waals surface area contributed by atoms with Gasteiger partial charge in [0, 0.05) is 50.7 Å². The molecule has 1 aromatic carbocycles. The number of hydrogen-bond acceptors (Lipinski definition) is 3. The molecule has 1 aliphatic heterocycles. The highest BCUT2D eigenvalue weighted by atomic mass is 19.1. The van der Waals surface area contributed by atoms with Crippen LogP contribution in [-0.2, 0) is 9.59 Å². The minimum atomic E-state index is -0.243. The second kappa shape index (κ2) is 9.39. The van der Waals surface area contributed by atoms with Gasteiger partial charge in [-0.1, -0.05) is 26.7 Å². The molecule has 0 radical (unpaired) electrons. The maximum absolute atomic E-state index is 13.1. The van der Waals surface area contributed by atoms with E-state index in [9.17, 15) is 14.0 Å². The fraction of sp³-hybridized carbons (Fsp3) is 0.636. The zero-order chi connectivity index (χ0) is 20.1. The molecule has 2 aliphatic rings. The van der Waals surface area contributed by atoms with Gasteiger partial charge in [-0.05, 0) is 42.5 Å². The van der Waals surface area contributed by atoms with Crippen LogP contribution in [0.4, 0.5) is 10.1 Å². The number of anilines is 1. The molecular formula is C22H32FN3O2. The monoisotopic (exact) mass is 389 g/mol. The van der Waals surface area contributed by atoms with Crippen LogP contribution in [0.3, 0.4) is 0 Å². The maximum Gasteiger partial charge on any atom is 0.223 e. The van der Waals surface area contributed by atoms with Crippen LogP contribution in [0.1, 0.15) is 46.0 Å². The second-order valence-electron chi connectivity index (χ2n) is 8.29. The predicted molar refractivity (Wildman–Crippen MR) is 109 cm³/mol. The summed E-state index contributed by atoms with van der Waals surface area (Å²) in [4.78, 5) is 28.8. The van der Waals surface area contributed by atoms with Gasteiger partial charge in [0.05, 0.1) is 0 Å². The average molecular weight is 390 g/mol. The van der Waals surface area contributed by atoms with Crippen LogP contribution < -0.4 is 10.2 Å². The first-order chi connectivity index (χ1) is 13.4. The lowest BCUT2D eigenvalue weighted by Gasteiger charge is -2.36. The Morgan fingerprint density at radius 2 is 1.71 bits per heavy atom. The van der Waals surface area contributed by atoms with E-state index in [4.69, 9.17) is 0 Å². The highest BCUT2D eigenvalue weighted by Crippen LogP contribution is 2.29. The average Bonchev–Trinajstić information content (AvgIpc) is 2.70. The Morgan fingerprint density at radius 1 is 1.04 bits per heavy atom. The van der Waals surface area contributed by atoms with E-state index >= 15 is 0 Å². The number of nitrogens with zero attached hydrogens (tertiary/aromatic N) is 2. The van der Waals surface area contributed by atoms with Crippen molar-refractivity contribution < 1.29 is 14.0 Å². The molecule has 6 heteroatoms. The molecule has 28 heavy (non-hydrogen) atoms. The first-order valence-corrected chi connectivity index (χ1v) is 10.5. The molecule has 3 atom stereocenters. The summed E-state index contributed by atoms with van der Waals surface area (Å²) in [7, 11) is 0. The van der Waals surface area contributed by atoms with Gasteiger partial charge in [0.15, 0.2) is 0 Å². The second-order valence-corrected chi connectivity index (χ2v) is 8.29. The first kappa shape index (κ1) is 20.6. The van der Waals surface area contributed by atoms with Crippen molar-refractivity contribution in [3.05, 3.63) is 30.1 Å². The molecule has 2 amide bonds. The Hall–Kier alpha value is -2.11. The molecule has 1 aliphatic carbocycles. The summed E-state index contributed by atoms with van der Waals surface area (Å²) in [5.41, 5.74) is 0.976. The number of carbonyl (C=O) groups excluding carboxylic acids is 2. The van der Waals surface area contributed by atoms with Gasteiger partial charge in [-0.15, -0.1) is 0 Å². The van der Waals surface area contributed by atoms with E-state index in [-0.39, 0.29) is 36.5 Å². The Bertz CT molecular complexity index is 671. The van der Waals surface area contributed by atoms with E-state index in [1.165, 1.54) is 18.6 Å². The van der Waals surface area contributed by atoms with Gasteiger partial charge >= 0.3 is 0 Å². The molecular weight excluding hydrogens is 357 g/mol. The van der Waals surface area contributed by atoms with Crippen LogP contribution in [0, 0.1) is 17.7 Å². The molecule has 5 nitrogen and oxygen atoms in total. The van der Waals surface area contributed by atoms with Crippen LogP contribution in [0.5, 0.6) is 0 Å². The van der Waals surface area contributed by atoms with Gasteiger partial charge < -0.3 is 15.1 Å². The van der Waals surface area contributed by atoms with Crippen LogP contribution >= 0.6 is 0 Å². The topological polar surface area (TPSA) is 52.7 Å². The minimum Gasteiger partial charge on any atom is -0.368 e. The van der Waals surface area contributed by atoms with Gasteiger partial charge in [0.25, 0.3) is 0 Å². The molecule has 1 aromatic rings. The predicted octanol–water partition coefficient (Wildman–Crippen LogP) is 3.20. The summed E-state index contributed by atoms with van der Waals surface area (Å²) in [6.45, 7) is 7.17.